The first-order valence-electron chi connectivity index (χ1n) is 8.73. The Bertz CT molecular complexity index is 1000. The van der Waals surface area contributed by atoms with Gasteiger partial charge < -0.3 is 14.4 Å². The van der Waals surface area contributed by atoms with E-state index in [0.717, 1.165) is 22.1 Å². The normalized spacial score (nSPS) is 11.3. The van der Waals surface area contributed by atoms with Crippen LogP contribution in [0, 0.1) is 0 Å². The summed E-state index contributed by atoms with van der Waals surface area (Å²) >= 11 is 0. The number of nitrogens with zero attached hydrogens (tertiary/aromatic N) is 2. The molecular formula is C21H19F3N2O3. The predicted molar refractivity (Wildman–Crippen MR) is 102 cm³/mol. The van der Waals surface area contributed by atoms with E-state index in [0.29, 0.717) is 6.54 Å². The molecule has 1 heterocycles. The van der Waals surface area contributed by atoms with E-state index in [2.05, 4.69) is 9.72 Å². The molecule has 0 bridgehead atoms. The lowest BCUT2D eigenvalue weighted by molar-refractivity contribution is -0.154. The van der Waals surface area contributed by atoms with Crippen molar-refractivity contribution in [3.8, 4) is 11.6 Å². The van der Waals surface area contributed by atoms with E-state index in [4.69, 9.17) is 4.74 Å². The maximum atomic E-state index is 12.6. The highest BCUT2D eigenvalue weighted by molar-refractivity contribution is 5.93. The van der Waals surface area contributed by atoms with Crippen molar-refractivity contribution in [1.29, 1.82) is 0 Å². The monoisotopic (exact) mass is 404 g/mol. The van der Waals surface area contributed by atoms with Crippen molar-refractivity contribution in [2.24, 2.45) is 0 Å². The van der Waals surface area contributed by atoms with Crippen LogP contribution in [0.15, 0.2) is 54.7 Å². The molecule has 0 aliphatic rings. The smallest absolute Gasteiger partial charge is 0.422 e. The van der Waals surface area contributed by atoms with Gasteiger partial charge in [-0.1, -0.05) is 18.2 Å². The summed E-state index contributed by atoms with van der Waals surface area (Å²) in [6.45, 7) is -1.06. The van der Waals surface area contributed by atoms with Crippen molar-refractivity contribution in [2.45, 2.75) is 12.7 Å². The molecule has 3 rings (SSSR count). The second kappa shape index (κ2) is 8.38. The van der Waals surface area contributed by atoms with Gasteiger partial charge in [-0.15, -0.1) is 0 Å². The number of amides is 1. The van der Waals surface area contributed by atoms with Crippen molar-refractivity contribution in [3.63, 3.8) is 0 Å². The molecule has 2 aromatic carbocycles. The predicted octanol–water partition coefficient (Wildman–Crippen LogP) is 4.46. The van der Waals surface area contributed by atoms with Crippen molar-refractivity contribution >= 4 is 16.7 Å². The number of ether oxygens (including phenoxy) is 2. The average molecular weight is 404 g/mol. The first kappa shape index (κ1) is 20.4. The van der Waals surface area contributed by atoms with Crippen LogP contribution in [0.5, 0.6) is 11.6 Å². The topological polar surface area (TPSA) is 51.7 Å². The minimum atomic E-state index is -4.44. The van der Waals surface area contributed by atoms with Gasteiger partial charge >= 0.3 is 6.18 Å². The third-order valence-electron chi connectivity index (χ3n) is 4.25. The van der Waals surface area contributed by atoms with Crippen LogP contribution in [-0.2, 0) is 6.54 Å². The molecule has 0 saturated carbocycles. The largest absolute Gasteiger partial charge is 0.497 e. The lowest BCUT2D eigenvalue weighted by Crippen LogP contribution is -2.26. The number of hydrogen-bond acceptors (Lipinski definition) is 4. The summed E-state index contributed by atoms with van der Waals surface area (Å²) in [6, 6.07) is 14.3. The lowest BCUT2D eigenvalue weighted by Gasteiger charge is -2.18. The maximum Gasteiger partial charge on any atom is 0.422 e. The fraction of sp³-hybridized carbons (Fsp3) is 0.238. The quantitative estimate of drug-likeness (QED) is 0.609. The van der Waals surface area contributed by atoms with Crippen LogP contribution in [0.1, 0.15) is 15.9 Å². The van der Waals surface area contributed by atoms with Gasteiger partial charge in [-0.05, 0) is 40.6 Å². The van der Waals surface area contributed by atoms with Crippen LogP contribution < -0.4 is 9.47 Å². The first-order valence-corrected chi connectivity index (χ1v) is 8.73. The van der Waals surface area contributed by atoms with Gasteiger partial charge in [0.2, 0.25) is 5.88 Å². The number of pyridine rings is 1. The molecule has 1 aromatic heterocycles. The van der Waals surface area contributed by atoms with Crippen molar-refractivity contribution in [2.75, 3.05) is 20.8 Å². The minimum Gasteiger partial charge on any atom is -0.497 e. The van der Waals surface area contributed by atoms with E-state index in [1.807, 2.05) is 36.4 Å². The molecule has 0 spiro atoms. The summed E-state index contributed by atoms with van der Waals surface area (Å²) < 4.78 is 46.3. The Morgan fingerprint density at radius 2 is 1.79 bits per heavy atom. The molecule has 0 atom stereocenters. The van der Waals surface area contributed by atoms with Crippen molar-refractivity contribution < 1.29 is 27.4 Å². The molecule has 5 nitrogen and oxygen atoms in total. The highest BCUT2D eigenvalue weighted by Gasteiger charge is 2.28. The molecular weight excluding hydrogens is 385 g/mol. The van der Waals surface area contributed by atoms with Crippen LogP contribution in [0.25, 0.3) is 10.8 Å². The van der Waals surface area contributed by atoms with Crippen LogP contribution in [0.3, 0.4) is 0 Å². The number of alkyl halides is 3. The molecule has 29 heavy (non-hydrogen) atoms. The summed E-state index contributed by atoms with van der Waals surface area (Å²) in [5, 5.41) is 2.05. The van der Waals surface area contributed by atoms with E-state index in [-0.39, 0.29) is 17.4 Å². The zero-order valence-electron chi connectivity index (χ0n) is 15.9. The summed E-state index contributed by atoms with van der Waals surface area (Å²) in [7, 11) is 3.26. The Morgan fingerprint density at radius 1 is 1.07 bits per heavy atom. The highest BCUT2D eigenvalue weighted by atomic mass is 19.4. The summed E-state index contributed by atoms with van der Waals surface area (Å²) in [5.41, 5.74) is 1.20. The molecule has 0 aliphatic heterocycles. The van der Waals surface area contributed by atoms with Crippen molar-refractivity contribution in [1.82, 2.24) is 9.88 Å². The van der Waals surface area contributed by atoms with Crippen molar-refractivity contribution in [3.05, 3.63) is 65.9 Å². The fourth-order valence-electron chi connectivity index (χ4n) is 2.81. The van der Waals surface area contributed by atoms with Gasteiger partial charge in [-0.2, -0.15) is 13.2 Å². The Kier molecular flexibility index (Phi) is 5.91. The van der Waals surface area contributed by atoms with Crippen LogP contribution >= 0.6 is 0 Å². The standard InChI is InChI=1S/C21H19F3N2O3/c1-26(12-14-3-4-16-10-18(28-2)7-5-15(16)9-14)20(27)17-6-8-19(25-11-17)29-13-21(22,23)24/h3-11H,12-13H2,1-2H3. The third kappa shape index (κ3) is 5.37. The number of carbonyl (C=O) groups excluding carboxylic acids is 1. The second-order valence-electron chi connectivity index (χ2n) is 6.50. The first-order chi connectivity index (χ1) is 13.7. The number of benzene rings is 2. The Morgan fingerprint density at radius 3 is 2.45 bits per heavy atom. The zero-order valence-corrected chi connectivity index (χ0v) is 15.9. The van der Waals surface area contributed by atoms with Crippen LogP contribution in [0.2, 0.25) is 0 Å². The van der Waals surface area contributed by atoms with E-state index >= 15 is 0 Å². The third-order valence-corrected chi connectivity index (χ3v) is 4.25. The van der Waals surface area contributed by atoms with E-state index in [9.17, 15) is 18.0 Å². The highest BCUT2D eigenvalue weighted by Crippen LogP contribution is 2.23. The number of carbonyl (C=O) groups is 1. The number of halogens is 3. The summed E-state index contributed by atoms with van der Waals surface area (Å²) in [4.78, 5) is 17.9. The molecule has 1 amide bonds. The lowest BCUT2D eigenvalue weighted by atomic mass is 10.1. The summed E-state index contributed by atoms with van der Waals surface area (Å²) in [6.07, 6.45) is -3.24. The molecule has 0 saturated heterocycles. The Labute approximate surface area is 165 Å². The SMILES string of the molecule is COc1ccc2cc(CN(C)C(=O)c3ccc(OCC(F)(F)F)nc3)ccc2c1. The van der Waals surface area contributed by atoms with Gasteiger partial charge in [0.15, 0.2) is 6.61 Å². The molecule has 8 heteroatoms. The zero-order chi connectivity index (χ0) is 21.0. The molecule has 0 N–H and O–H groups in total. The maximum absolute atomic E-state index is 12.6. The number of methoxy groups -OCH3 is 1. The van der Waals surface area contributed by atoms with Gasteiger partial charge in [0.25, 0.3) is 5.91 Å². The Balaban J connectivity index is 1.66. The number of fused-ring (bicyclic) bond motifs is 1. The molecule has 0 fully saturated rings. The van der Waals surface area contributed by atoms with Gasteiger partial charge in [0.05, 0.1) is 12.7 Å². The molecule has 152 valence electrons. The van der Waals surface area contributed by atoms with Gasteiger partial charge in [-0.25, -0.2) is 4.98 Å². The van der Waals surface area contributed by atoms with Gasteiger partial charge in [0, 0.05) is 25.9 Å². The molecule has 3 aromatic rings. The Hall–Kier alpha value is -3.29. The molecule has 0 unspecified atom stereocenters. The van der Waals surface area contributed by atoms with Crippen LogP contribution in [-0.4, -0.2) is 42.7 Å². The fourth-order valence-corrected chi connectivity index (χ4v) is 2.81. The minimum absolute atomic E-state index is 0.188. The van der Waals surface area contributed by atoms with Gasteiger partial charge in [0.1, 0.15) is 5.75 Å². The second-order valence-corrected chi connectivity index (χ2v) is 6.50. The number of rotatable bonds is 6. The molecule has 0 aliphatic carbocycles. The van der Waals surface area contributed by atoms with E-state index < -0.39 is 12.8 Å². The molecule has 0 radical (unpaired) electrons. The van der Waals surface area contributed by atoms with Crippen LogP contribution in [0.4, 0.5) is 13.2 Å². The number of aromatic nitrogens is 1. The number of hydrogen-bond donors (Lipinski definition) is 0. The van der Waals surface area contributed by atoms with Gasteiger partial charge in [-0.3, -0.25) is 4.79 Å². The van der Waals surface area contributed by atoms with E-state index in [1.54, 1.807) is 14.2 Å². The van der Waals surface area contributed by atoms with E-state index in [1.165, 1.54) is 23.2 Å². The summed E-state index contributed by atoms with van der Waals surface area (Å²) in [5.74, 6) is 0.286. The average Bonchev–Trinajstić information content (AvgIpc) is 2.71.